The number of urea groups is 1. The summed E-state index contributed by atoms with van der Waals surface area (Å²) in [6.45, 7) is 0.204. The monoisotopic (exact) mass is 246 g/mol. The van der Waals surface area contributed by atoms with Gasteiger partial charge in [-0.2, -0.15) is 0 Å². The van der Waals surface area contributed by atoms with Crippen molar-refractivity contribution in [3.05, 3.63) is 0 Å². The molecule has 0 radical (unpaired) electrons. The largest absolute Gasteiger partial charge is 0.480 e. The van der Waals surface area contributed by atoms with Gasteiger partial charge in [0.05, 0.1) is 13.2 Å². The number of aliphatic hydroxyl groups is 1. The lowest BCUT2D eigenvalue weighted by atomic mass is 10.3. The van der Waals surface area contributed by atoms with E-state index in [1.165, 1.54) is 7.11 Å². The molecule has 3 N–H and O–H groups in total. The van der Waals surface area contributed by atoms with Crippen LogP contribution < -0.4 is 5.32 Å². The van der Waals surface area contributed by atoms with Crippen LogP contribution >= 0.6 is 0 Å². The maximum Gasteiger partial charge on any atom is 0.328 e. The topological polar surface area (TPSA) is 99.1 Å². The molecule has 0 aromatic rings. The van der Waals surface area contributed by atoms with E-state index in [1.54, 1.807) is 4.90 Å². The molecule has 2 amide bonds. The summed E-state index contributed by atoms with van der Waals surface area (Å²) in [5.41, 5.74) is 0. The van der Waals surface area contributed by atoms with E-state index < -0.39 is 24.6 Å². The van der Waals surface area contributed by atoms with Crippen LogP contribution in [-0.4, -0.2) is 66.1 Å². The lowest BCUT2D eigenvalue weighted by Gasteiger charge is -2.24. The van der Waals surface area contributed by atoms with E-state index in [0.29, 0.717) is 13.2 Å². The number of ether oxygens (including phenoxy) is 1. The molecule has 0 bridgehead atoms. The van der Waals surface area contributed by atoms with Gasteiger partial charge in [-0.05, 0) is 12.8 Å². The second-order valence-corrected chi connectivity index (χ2v) is 3.94. The highest BCUT2D eigenvalue weighted by atomic mass is 16.5. The van der Waals surface area contributed by atoms with E-state index in [2.05, 4.69) is 5.32 Å². The Bertz CT molecular complexity index is 280. The number of methoxy groups -OCH3 is 1. The van der Waals surface area contributed by atoms with Crippen LogP contribution in [0.15, 0.2) is 0 Å². The van der Waals surface area contributed by atoms with Crippen LogP contribution in [0.1, 0.15) is 12.8 Å². The minimum atomic E-state index is -1.26. The van der Waals surface area contributed by atoms with E-state index >= 15 is 0 Å². The predicted molar refractivity (Wildman–Crippen MR) is 58.6 cm³/mol. The second kappa shape index (κ2) is 6.41. The van der Waals surface area contributed by atoms with Gasteiger partial charge in [0.1, 0.15) is 0 Å². The van der Waals surface area contributed by atoms with Crippen molar-refractivity contribution in [1.29, 1.82) is 0 Å². The molecule has 0 aliphatic heterocycles. The van der Waals surface area contributed by atoms with Crippen LogP contribution in [0.3, 0.4) is 0 Å². The van der Waals surface area contributed by atoms with Crippen molar-refractivity contribution in [3.8, 4) is 0 Å². The van der Waals surface area contributed by atoms with Crippen LogP contribution in [-0.2, 0) is 9.53 Å². The number of hydrogen-bond acceptors (Lipinski definition) is 4. The zero-order chi connectivity index (χ0) is 12.8. The van der Waals surface area contributed by atoms with Gasteiger partial charge in [-0.25, -0.2) is 9.59 Å². The van der Waals surface area contributed by atoms with Crippen LogP contribution in [0.4, 0.5) is 4.79 Å². The quantitative estimate of drug-likeness (QED) is 0.549. The number of carboxylic acid groups (broad SMARTS) is 1. The number of nitrogens with one attached hydrogen (secondary N) is 1. The first-order valence-corrected chi connectivity index (χ1v) is 5.50. The lowest BCUT2D eigenvalue weighted by Crippen LogP contribution is -2.51. The fourth-order valence-electron chi connectivity index (χ4n) is 1.44. The number of aliphatic carboxylic acids is 1. The summed E-state index contributed by atoms with van der Waals surface area (Å²) >= 11 is 0. The van der Waals surface area contributed by atoms with Gasteiger partial charge < -0.3 is 25.2 Å². The Kier molecular flexibility index (Phi) is 5.17. The maximum absolute atomic E-state index is 11.8. The Balaban J connectivity index is 2.49. The number of rotatable bonds is 7. The minimum Gasteiger partial charge on any atom is -0.480 e. The molecule has 17 heavy (non-hydrogen) atoms. The molecule has 0 aromatic heterocycles. The van der Waals surface area contributed by atoms with Gasteiger partial charge >= 0.3 is 12.0 Å². The van der Waals surface area contributed by atoms with Gasteiger partial charge in [-0.3, -0.25) is 0 Å². The van der Waals surface area contributed by atoms with Crippen LogP contribution in [0, 0.1) is 0 Å². The number of nitrogens with zero attached hydrogens (tertiary/aromatic N) is 1. The summed E-state index contributed by atoms with van der Waals surface area (Å²) in [4.78, 5) is 24.0. The van der Waals surface area contributed by atoms with E-state index in [9.17, 15) is 9.59 Å². The van der Waals surface area contributed by atoms with Crippen molar-refractivity contribution < 1.29 is 24.5 Å². The molecule has 0 aromatic carbocycles. The number of hydrogen-bond donors (Lipinski definition) is 3. The molecule has 1 aliphatic rings. The highest BCUT2D eigenvalue weighted by Crippen LogP contribution is 2.26. The molecule has 7 nitrogen and oxygen atoms in total. The maximum atomic E-state index is 11.8. The Morgan fingerprint density at radius 2 is 2.18 bits per heavy atom. The first-order chi connectivity index (χ1) is 8.10. The lowest BCUT2D eigenvalue weighted by molar-refractivity contribution is -0.140. The average Bonchev–Trinajstić information content (AvgIpc) is 3.10. The minimum absolute atomic E-state index is 0.165. The van der Waals surface area contributed by atoms with Gasteiger partial charge in [0.25, 0.3) is 0 Å². The third-order valence-corrected chi connectivity index (χ3v) is 2.56. The number of carbonyl (C=O) groups excluding carboxylic acids is 1. The highest BCUT2D eigenvalue weighted by Gasteiger charge is 2.33. The van der Waals surface area contributed by atoms with Crippen molar-refractivity contribution in [3.63, 3.8) is 0 Å². The van der Waals surface area contributed by atoms with Gasteiger partial charge in [0, 0.05) is 19.7 Å². The molecule has 7 heteroatoms. The summed E-state index contributed by atoms with van der Waals surface area (Å²) in [6.07, 6.45) is 1.85. The van der Waals surface area contributed by atoms with E-state index in [4.69, 9.17) is 14.9 Å². The van der Waals surface area contributed by atoms with E-state index in [-0.39, 0.29) is 6.04 Å². The third kappa shape index (κ3) is 4.20. The summed E-state index contributed by atoms with van der Waals surface area (Å²) in [5.74, 6) is -1.25. The second-order valence-electron chi connectivity index (χ2n) is 3.94. The fourth-order valence-corrected chi connectivity index (χ4v) is 1.44. The molecule has 0 saturated heterocycles. The van der Waals surface area contributed by atoms with E-state index in [0.717, 1.165) is 12.8 Å². The Labute approximate surface area is 99.4 Å². The predicted octanol–water partition coefficient (Wildman–Crippen LogP) is -0.748. The molecule has 98 valence electrons. The Hall–Kier alpha value is -1.34. The molecule has 0 unspecified atom stereocenters. The Morgan fingerprint density at radius 3 is 2.59 bits per heavy atom. The van der Waals surface area contributed by atoms with Gasteiger partial charge in [0.2, 0.25) is 0 Å². The zero-order valence-corrected chi connectivity index (χ0v) is 9.76. The molecule has 1 fully saturated rings. The van der Waals surface area contributed by atoms with Gasteiger partial charge in [0.15, 0.2) is 6.04 Å². The molecular weight excluding hydrogens is 228 g/mol. The van der Waals surface area contributed by atoms with Crippen molar-refractivity contribution >= 4 is 12.0 Å². The van der Waals surface area contributed by atoms with Crippen molar-refractivity contribution in [2.75, 3.05) is 26.9 Å². The van der Waals surface area contributed by atoms with Crippen LogP contribution in [0.25, 0.3) is 0 Å². The van der Waals surface area contributed by atoms with Crippen molar-refractivity contribution in [2.24, 2.45) is 0 Å². The molecule has 1 rings (SSSR count). The first kappa shape index (κ1) is 13.7. The Morgan fingerprint density at radius 1 is 1.53 bits per heavy atom. The SMILES string of the molecule is COCCN(C(=O)N[C@@H](CO)C(=O)O)C1CC1. The van der Waals surface area contributed by atoms with Gasteiger partial charge in [-0.1, -0.05) is 0 Å². The molecule has 0 spiro atoms. The zero-order valence-electron chi connectivity index (χ0n) is 9.76. The molecule has 0 heterocycles. The third-order valence-electron chi connectivity index (χ3n) is 2.56. The molecular formula is C10H18N2O5. The number of carbonyl (C=O) groups is 2. The summed E-state index contributed by atoms with van der Waals surface area (Å²) < 4.78 is 4.89. The summed E-state index contributed by atoms with van der Waals surface area (Å²) in [5, 5.41) is 19.8. The van der Waals surface area contributed by atoms with Crippen molar-refractivity contribution in [1.82, 2.24) is 10.2 Å². The fraction of sp³-hybridized carbons (Fsp3) is 0.800. The smallest absolute Gasteiger partial charge is 0.328 e. The van der Waals surface area contributed by atoms with Crippen LogP contribution in [0.2, 0.25) is 0 Å². The average molecular weight is 246 g/mol. The first-order valence-electron chi connectivity index (χ1n) is 5.50. The van der Waals surface area contributed by atoms with Crippen molar-refractivity contribution in [2.45, 2.75) is 24.9 Å². The van der Waals surface area contributed by atoms with Gasteiger partial charge in [-0.15, -0.1) is 0 Å². The number of carboxylic acids is 1. The normalized spacial score (nSPS) is 16.4. The summed E-state index contributed by atoms with van der Waals surface area (Å²) in [7, 11) is 1.54. The molecule has 1 aliphatic carbocycles. The number of amides is 2. The number of aliphatic hydroxyl groups excluding tert-OH is 1. The molecule has 1 saturated carbocycles. The standard InChI is InChI=1S/C10H18N2O5/c1-17-5-4-12(7-2-3-7)10(16)11-8(6-13)9(14)15/h7-8,13H,2-6H2,1H3,(H,11,16)(H,14,15)/t8-/m0/s1. The highest BCUT2D eigenvalue weighted by molar-refractivity contribution is 5.83. The molecule has 1 atom stereocenters. The van der Waals surface area contributed by atoms with E-state index in [1.807, 2.05) is 0 Å². The summed E-state index contributed by atoms with van der Waals surface area (Å²) in [6, 6.07) is -1.56. The van der Waals surface area contributed by atoms with Crippen LogP contribution in [0.5, 0.6) is 0 Å².